The fourth-order valence-electron chi connectivity index (χ4n) is 2.13. The molecule has 0 N–H and O–H groups in total. The molecule has 1 aromatic carbocycles. The van der Waals surface area contributed by atoms with E-state index >= 15 is 0 Å². The predicted octanol–water partition coefficient (Wildman–Crippen LogP) is 3.97. The summed E-state index contributed by atoms with van der Waals surface area (Å²) >= 11 is 8.20. The van der Waals surface area contributed by atoms with Gasteiger partial charge in [-0.15, -0.1) is 11.8 Å². The number of fused-ring (bicyclic) bond motifs is 1. The van der Waals surface area contributed by atoms with E-state index in [4.69, 9.17) is 11.6 Å². The molecule has 82 valence electrons. The van der Waals surface area contributed by atoms with Crippen LogP contribution in [0, 0.1) is 6.92 Å². The summed E-state index contributed by atoms with van der Waals surface area (Å²) in [6.07, 6.45) is 0. The molecule has 0 radical (unpaired) electrons. The molecule has 0 amide bonds. The predicted molar refractivity (Wildman–Crippen MR) is 69.4 cm³/mol. The lowest BCUT2D eigenvalue weighted by Gasteiger charge is -2.38. The Bertz CT molecular complexity index is 401. The maximum atomic E-state index is 6.28. The van der Waals surface area contributed by atoms with Crippen molar-refractivity contribution < 1.29 is 0 Å². The maximum absolute atomic E-state index is 6.28. The summed E-state index contributed by atoms with van der Waals surface area (Å²) in [5, 5.41) is 0.871. The molecule has 1 aliphatic rings. The topological polar surface area (TPSA) is 3.24 Å². The highest BCUT2D eigenvalue weighted by Crippen LogP contribution is 2.47. The summed E-state index contributed by atoms with van der Waals surface area (Å²) in [6.45, 7) is 7.67. The Morgan fingerprint density at radius 3 is 2.73 bits per heavy atom. The molecular formula is C12H16ClNS. The van der Waals surface area contributed by atoms with E-state index < -0.39 is 0 Å². The fraction of sp³-hybridized carbons (Fsp3) is 0.500. The molecule has 1 aliphatic heterocycles. The third-order valence-corrected chi connectivity index (χ3v) is 4.06. The van der Waals surface area contributed by atoms with E-state index in [0.29, 0.717) is 0 Å². The maximum Gasteiger partial charge on any atom is 0.0692 e. The fourth-order valence-corrected chi connectivity index (χ4v) is 4.07. The highest BCUT2D eigenvalue weighted by molar-refractivity contribution is 8.00. The highest BCUT2D eigenvalue weighted by Gasteiger charge is 2.30. The molecule has 1 heterocycles. The van der Waals surface area contributed by atoms with Crippen LogP contribution in [0.5, 0.6) is 0 Å². The van der Waals surface area contributed by atoms with Gasteiger partial charge in [-0.05, 0) is 38.5 Å². The van der Waals surface area contributed by atoms with E-state index in [9.17, 15) is 0 Å². The van der Waals surface area contributed by atoms with Crippen molar-refractivity contribution in [3.05, 3.63) is 22.7 Å². The number of hydrogen-bond donors (Lipinski definition) is 0. The smallest absolute Gasteiger partial charge is 0.0692 e. The largest absolute Gasteiger partial charge is 0.371 e. The van der Waals surface area contributed by atoms with Crippen LogP contribution in [-0.4, -0.2) is 18.3 Å². The van der Waals surface area contributed by atoms with Crippen molar-refractivity contribution in [1.82, 2.24) is 0 Å². The third kappa shape index (κ3) is 2.11. The van der Waals surface area contributed by atoms with Crippen LogP contribution >= 0.6 is 23.4 Å². The molecule has 0 saturated heterocycles. The Kier molecular flexibility index (Phi) is 2.68. The summed E-state index contributed by atoms with van der Waals surface area (Å²) in [5.41, 5.74) is 2.42. The van der Waals surface area contributed by atoms with Gasteiger partial charge in [0.2, 0.25) is 0 Å². The van der Waals surface area contributed by atoms with Crippen LogP contribution < -0.4 is 4.90 Å². The van der Waals surface area contributed by atoms with Gasteiger partial charge >= 0.3 is 0 Å². The van der Waals surface area contributed by atoms with Crippen LogP contribution in [0.2, 0.25) is 5.02 Å². The van der Waals surface area contributed by atoms with Crippen LogP contribution in [0.25, 0.3) is 0 Å². The summed E-state index contributed by atoms with van der Waals surface area (Å²) in [5.74, 6) is 0. The van der Waals surface area contributed by atoms with Gasteiger partial charge in [-0.3, -0.25) is 0 Å². The van der Waals surface area contributed by atoms with Gasteiger partial charge in [-0.25, -0.2) is 0 Å². The van der Waals surface area contributed by atoms with Gasteiger partial charge in [0.05, 0.1) is 10.7 Å². The molecule has 1 aromatic rings. The number of anilines is 1. The molecule has 0 saturated carbocycles. The van der Waals surface area contributed by atoms with Gasteiger partial charge in [-0.1, -0.05) is 11.6 Å². The van der Waals surface area contributed by atoms with Gasteiger partial charge < -0.3 is 4.90 Å². The van der Waals surface area contributed by atoms with Gasteiger partial charge in [0.25, 0.3) is 0 Å². The number of aryl methyl sites for hydroxylation is 1. The van der Waals surface area contributed by atoms with Crippen molar-refractivity contribution in [2.75, 3.05) is 18.5 Å². The lowest BCUT2D eigenvalue weighted by molar-refractivity contribution is 0.676. The average molecular weight is 242 g/mol. The van der Waals surface area contributed by atoms with Gasteiger partial charge in [-0.2, -0.15) is 0 Å². The normalized spacial score (nSPS) is 18.9. The number of hydrogen-bond acceptors (Lipinski definition) is 2. The zero-order chi connectivity index (χ0) is 11.2. The Labute approximate surface area is 101 Å². The molecule has 0 aliphatic carbocycles. The van der Waals surface area contributed by atoms with Crippen LogP contribution in [0.4, 0.5) is 5.69 Å². The van der Waals surface area contributed by atoms with Crippen molar-refractivity contribution in [2.24, 2.45) is 0 Å². The molecule has 0 aromatic heterocycles. The summed E-state index contributed by atoms with van der Waals surface area (Å²) < 4.78 is 0.263. The summed E-state index contributed by atoms with van der Waals surface area (Å²) in [4.78, 5) is 3.56. The Morgan fingerprint density at radius 1 is 1.40 bits per heavy atom. The second kappa shape index (κ2) is 3.60. The zero-order valence-electron chi connectivity index (χ0n) is 9.60. The van der Waals surface area contributed by atoms with Crippen LogP contribution in [0.15, 0.2) is 17.0 Å². The third-order valence-electron chi connectivity index (χ3n) is 2.56. The van der Waals surface area contributed by atoms with Crippen molar-refractivity contribution in [2.45, 2.75) is 30.4 Å². The molecule has 3 heteroatoms. The van der Waals surface area contributed by atoms with Crippen LogP contribution in [0.3, 0.4) is 0 Å². The van der Waals surface area contributed by atoms with Gasteiger partial charge in [0.15, 0.2) is 0 Å². The molecule has 0 spiro atoms. The first-order valence-corrected chi connectivity index (χ1v) is 6.29. The molecular weight excluding hydrogens is 226 g/mol. The van der Waals surface area contributed by atoms with Crippen molar-refractivity contribution in [3.8, 4) is 0 Å². The lowest BCUT2D eigenvalue weighted by Crippen LogP contribution is -2.37. The van der Waals surface area contributed by atoms with Crippen LogP contribution in [-0.2, 0) is 0 Å². The van der Waals surface area contributed by atoms with E-state index in [0.717, 1.165) is 11.6 Å². The minimum atomic E-state index is 0.263. The molecule has 0 bridgehead atoms. The van der Waals surface area contributed by atoms with E-state index in [1.165, 1.54) is 16.1 Å². The first-order valence-electron chi connectivity index (χ1n) is 5.09. The van der Waals surface area contributed by atoms with Crippen molar-refractivity contribution in [3.63, 3.8) is 0 Å². The monoisotopic (exact) mass is 241 g/mol. The highest BCUT2D eigenvalue weighted by atomic mass is 35.5. The minimum Gasteiger partial charge on any atom is -0.371 e. The van der Waals surface area contributed by atoms with E-state index in [2.05, 4.69) is 38.8 Å². The number of rotatable bonds is 0. The number of thioether (sulfide) groups is 1. The van der Waals surface area contributed by atoms with Crippen molar-refractivity contribution in [1.29, 1.82) is 0 Å². The van der Waals surface area contributed by atoms with E-state index in [1.807, 2.05) is 17.8 Å². The van der Waals surface area contributed by atoms with Crippen molar-refractivity contribution >= 4 is 29.1 Å². The standard InChI is InChI=1S/C12H16ClNS/c1-8-5-9(13)11-10(6-8)15-12(2,3)7-14(11)4/h5-6H,7H2,1-4H3. The zero-order valence-corrected chi connectivity index (χ0v) is 11.2. The Hall–Kier alpha value is -0.340. The summed E-state index contributed by atoms with van der Waals surface area (Å²) in [6, 6.07) is 4.26. The van der Waals surface area contributed by atoms with Gasteiger partial charge in [0.1, 0.15) is 0 Å². The van der Waals surface area contributed by atoms with E-state index in [-0.39, 0.29) is 4.75 Å². The van der Waals surface area contributed by atoms with Gasteiger partial charge in [0, 0.05) is 23.2 Å². The quantitative estimate of drug-likeness (QED) is 0.676. The molecule has 0 atom stereocenters. The number of halogens is 1. The first-order chi connectivity index (χ1) is 6.89. The summed E-state index contributed by atoms with van der Waals surface area (Å²) in [7, 11) is 2.11. The molecule has 0 fully saturated rings. The second-order valence-corrected chi connectivity index (χ2v) is 6.97. The SMILES string of the molecule is Cc1cc(Cl)c2c(c1)SC(C)(C)CN2C. The minimum absolute atomic E-state index is 0.263. The second-order valence-electron chi connectivity index (χ2n) is 4.81. The van der Waals surface area contributed by atoms with Crippen LogP contribution in [0.1, 0.15) is 19.4 Å². The van der Waals surface area contributed by atoms with E-state index in [1.54, 1.807) is 0 Å². The number of nitrogens with zero attached hydrogens (tertiary/aromatic N) is 1. The molecule has 1 nitrogen and oxygen atoms in total. The number of benzene rings is 1. The molecule has 2 rings (SSSR count). The first kappa shape index (κ1) is 11.2. The Balaban J connectivity index is 2.55. The lowest BCUT2D eigenvalue weighted by atomic mass is 10.1. The average Bonchev–Trinajstić information content (AvgIpc) is 1.97. The molecule has 0 unspecified atom stereocenters. The Morgan fingerprint density at radius 2 is 2.07 bits per heavy atom. The molecule has 15 heavy (non-hydrogen) atoms.